The predicted octanol–water partition coefficient (Wildman–Crippen LogP) is 5.10. The van der Waals surface area contributed by atoms with Gasteiger partial charge in [0.05, 0.1) is 29.2 Å². The summed E-state index contributed by atoms with van der Waals surface area (Å²) in [4.78, 5) is 0. The van der Waals surface area contributed by atoms with Gasteiger partial charge in [-0.15, -0.1) is 0 Å². The Balaban J connectivity index is 1.63. The summed E-state index contributed by atoms with van der Waals surface area (Å²) >= 11 is 5.38. The molecule has 0 bridgehead atoms. The van der Waals surface area contributed by atoms with Crippen molar-refractivity contribution < 1.29 is 13.2 Å². The van der Waals surface area contributed by atoms with Crippen molar-refractivity contribution in [2.24, 2.45) is 0 Å². The van der Waals surface area contributed by atoms with Gasteiger partial charge in [0.25, 0.3) is 0 Å². The lowest BCUT2D eigenvalue weighted by atomic mass is 10.1. The highest BCUT2D eigenvalue weighted by Crippen LogP contribution is 2.30. The Bertz CT molecular complexity index is 1010. The predicted molar refractivity (Wildman–Crippen MR) is 117 cm³/mol. The molecule has 8 heteroatoms. The van der Waals surface area contributed by atoms with Gasteiger partial charge in [0, 0.05) is 6.54 Å². The summed E-state index contributed by atoms with van der Waals surface area (Å²) in [5.74, 6) is 0. The quantitative estimate of drug-likeness (QED) is 0.532. The molecular weight excluding hydrogens is 409 g/mol. The van der Waals surface area contributed by atoms with Crippen molar-refractivity contribution in [1.82, 2.24) is 15.1 Å². The highest BCUT2D eigenvalue weighted by Gasteiger charge is 2.30. The van der Waals surface area contributed by atoms with Crippen LogP contribution >= 0.6 is 12.2 Å². The lowest BCUT2D eigenvalue weighted by Crippen LogP contribution is -2.30. The average Bonchev–Trinajstić information content (AvgIpc) is 2.96. The third kappa shape index (κ3) is 5.60. The molecular formula is C22H23F3N4S. The van der Waals surface area contributed by atoms with Gasteiger partial charge in [-0.25, -0.2) is 0 Å². The number of halogens is 3. The first-order valence-corrected chi connectivity index (χ1v) is 9.94. The van der Waals surface area contributed by atoms with E-state index < -0.39 is 11.7 Å². The summed E-state index contributed by atoms with van der Waals surface area (Å²) in [6.07, 6.45) is -3.52. The molecule has 0 aliphatic carbocycles. The molecule has 0 amide bonds. The number of nitrogens with one attached hydrogen (secondary N) is 2. The fraction of sp³-hybridized carbons (Fsp3) is 0.273. The Morgan fingerprint density at radius 1 is 1.03 bits per heavy atom. The fourth-order valence-electron chi connectivity index (χ4n) is 3.17. The Hall–Kier alpha value is -2.87. The van der Waals surface area contributed by atoms with E-state index in [2.05, 4.69) is 27.9 Å². The van der Waals surface area contributed by atoms with Gasteiger partial charge in [0.2, 0.25) is 0 Å². The monoisotopic (exact) mass is 432 g/mol. The van der Waals surface area contributed by atoms with Crippen LogP contribution in [0.4, 0.5) is 18.9 Å². The van der Waals surface area contributed by atoms with Gasteiger partial charge in [0.1, 0.15) is 0 Å². The maximum absolute atomic E-state index is 13.0. The zero-order valence-corrected chi connectivity index (χ0v) is 17.6. The van der Waals surface area contributed by atoms with Gasteiger partial charge < -0.3 is 10.6 Å². The van der Waals surface area contributed by atoms with Crippen LogP contribution in [0.15, 0.2) is 54.6 Å². The molecule has 0 unspecified atom stereocenters. The lowest BCUT2D eigenvalue weighted by Gasteiger charge is -2.12. The molecule has 3 aromatic rings. The van der Waals surface area contributed by atoms with Crippen molar-refractivity contribution in [2.75, 3.05) is 11.9 Å². The second kappa shape index (κ2) is 9.30. The van der Waals surface area contributed by atoms with Gasteiger partial charge >= 0.3 is 6.18 Å². The normalized spacial score (nSPS) is 11.4. The van der Waals surface area contributed by atoms with Crippen molar-refractivity contribution in [2.45, 2.75) is 33.0 Å². The number of rotatable bonds is 6. The molecule has 158 valence electrons. The van der Waals surface area contributed by atoms with Crippen molar-refractivity contribution in [3.05, 3.63) is 82.7 Å². The fourth-order valence-corrected chi connectivity index (χ4v) is 3.38. The molecule has 30 heavy (non-hydrogen) atoms. The Labute approximate surface area is 179 Å². The van der Waals surface area contributed by atoms with Gasteiger partial charge in [-0.1, -0.05) is 42.5 Å². The van der Waals surface area contributed by atoms with E-state index in [-0.39, 0.29) is 6.54 Å². The molecule has 0 radical (unpaired) electrons. The summed E-state index contributed by atoms with van der Waals surface area (Å²) in [6, 6.07) is 15.4. The van der Waals surface area contributed by atoms with Gasteiger partial charge in [-0.2, -0.15) is 18.3 Å². The highest BCUT2D eigenvalue weighted by atomic mass is 32.1. The highest BCUT2D eigenvalue weighted by molar-refractivity contribution is 7.80. The minimum Gasteiger partial charge on any atom is -0.362 e. The number of benzene rings is 2. The topological polar surface area (TPSA) is 41.9 Å². The molecule has 1 heterocycles. The summed E-state index contributed by atoms with van der Waals surface area (Å²) < 4.78 is 40.5. The lowest BCUT2D eigenvalue weighted by molar-refractivity contribution is -0.137. The van der Waals surface area contributed by atoms with Crippen LogP contribution in [0.3, 0.4) is 0 Å². The molecule has 2 N–H and O–H groups in total. The van der Waals surface area contributed by atoms with E-state index in [1.807, 2.05) is 32.0 Å². The van der Waals surface area contributed by atoms with Crippen LogP contribution in [0.25, 0.3) is 0 Å². The zero-order chi connectivity index (χ0) is 21.7. The van der Waals surface area contributed by atoms with E-state index >= 15 is 0 Å². The number of alkyl halides is 3. The van der Waals surface area contributed by atoms with Crippen LogP contribution in [0, 0.1) is 13.8 Å². The third-order valence-corrected chi connectivity index (χ3v) is 5.00. The van der Waals surface area contributed by atoms with Crippen LogP contribution in [0.1, 0.15) is 28.1 Å². The van der Waals surface area contributed by atoms with Crippen LogP contribution in [-0.4, -0.2) is 21.4 Å². The average molecular weight is 433 g/mol. The van der Waals surface area contributed by atoms with Crippen LogP contribution in [0.2, 0.25) is 0 Å². The molecule has 0 saturated carbocycles. The van der Waals surface area contributed by atoms with Crippen molar-refractivity contribution in [3.63, 3.8) is 0 Å². The molecule has 0 saturated heterocycles. The maximum Gasteiger partial charge on any atom is 0.416 e. The van der Waals surface area contributed by atoms with E-state index in [0.29, 0.717) is 17.2 Å². The molecule has 0 atom stereocenters. The van der Waals surface area contributed by atoms with Crippen molar-refractivity contribution in [3.8, 4) is 0 Å². The Kier molecular flexibility index (Phi) is 6.77. The zero-order valence-electron chi connectivity index (χ0n) is 16.8. The molecule has 0 aliphatic heterocycles. The molecule has 0 aliphatic rings. The Morgan fingerprint density at radius 2 is 1.73 bits per heavy atom. The second-order valence-electron chi connectivity index (χ2n) is 7.02. The summed E-state index contributed by atoms with van der Waals surface area (Å²) in [7, 11) is 0. The smallest absolute Gasteiger partial charge is 0.362 e. The van der Waals surface area contributed by atoms with E-state index in [1.54, 1.807) is 10.7 Å². The second-order valence-corrected chi connectivity index (χ2v) is 7.43. The first-order chi connectivity index (χ1) is 14.2. The number of aryl methyl sites for hydroxylation is 1. The van der Waals surface area contributed by atoms with Crippen LogP contribution in [-0.2, 0) is 19.1 Å². The number of aromatic nitrogens is 2. The summed E-state index contributed by atoms with van der Waals surface area (Å²) in [5, 5.41) is 11.3. The van der Waals surface area contributed by atoms with E-state index in [9.17, 15) is 13.2 Å². The molecule has 0 fully saturated rings. The first-order valence-electron chi connectivity index (χ1n) is 9.53. The number of nitrogens with zero attached hydrogens (tertiary/aromatic N) is 2. The Morgan fingerprint density at radius 3 is 2.43 bits per heavy atom. The number of hydrogen-bond acceptors (Lipinski definition) is 2. The molecule has 1 aromatic heterocycles. The third-order valence-electron chi connectivity index (χ3n) is 4.75. The SMILES string of the molecule is Cc1nn(Cc2cccc(C(F)(F)F)c2)c(C)c1NC(=S)NCCc1ccccc1. The molecule has 4 nitrogen and oxygen atoms in total. The molecule has 0 spiro atoms. The summed E-state index contributed by atoms with van der Waals surface area (Å²) in [5.41, 5.74) is 3.38. The minimum absolute atomic E-state index is 0.243. The van der Waals surface area contributed by atoms with Crippen molar-refractivity contribution in [1.29, 1.82) is 0 Å². The van der Waals surface area contributed by atoms with Gasteiger partial charge in [-0.3, -0.25) is 4.68 Å². The first kappa shape index (κ1) is 21.8. The number of thiocarbonyl (C=S) groups is 1. The molecule has 3 rings (SSSR count). The van der Waals surface area contributed by atoms with Crippen LogP contribution in [0.5, 0.6) is 0 Å². The number of hydrogen-bond donors (Lipinski definition) is 2. The van der Waals surface area contributed by atoms with E-state index in [0.717, 1.165) is 35.6 Å². The van der Waals surface area contributed by atoms with Crippen molar-refractivity contribution >= 4 is 23.0 Å². The minimum atomic E-state index is -4.37. The van der Waals surface area contributed by atoms with Gasteiger partial charge in [-0.05, 0) is 55.7 Å². The van der Waals surface area contributed by atoms with Crippen LogP contribution < -0.4 is 10.6 Å². The van der Waals surface area contributed by atoms with E-state index in [4.69, 9.17) is 12.2 Å². The molecule has 2 aromatic carbocycles. The number of anilines is 1. The van der Waals surface area contributed by atoms with E-state index in [1.165, 1.54) is 11.6 Å². The maximum atomic E-state index is 13.0. The van der Waals surface area contributed by atoms with Gasteiger partial charge in [0.15, 0.2) is 5.11 Å². The summed E-state index contributed by atoms with van der Waals surface area (Å²) in [6.45, 7) is 4.63. The standard InChI is InChI=1S/C22H23F3N4S/c1-15-20(27-21(30)26-12-11-17-7-4-3-5-8-17)16(2)29(28-15)14-18-9-6-10-19(13-18)22(23,24)25/h3-10,13H,11-12,14H2,1-2H3,(H2,26,27,30). The largest absolute Gasteiger partial charge is 0.416 e.